The zero-order chi connectivity index (χ0) is 14.5. The quantitative estimate of drug-likeness (QED) is 0.763. The fraction of sp³-hybridized carbons (Fsp3) is 0.429. The van der Waals surface area contributed by atoms with E-state index in [4.69, 9.17) is 0 Å². The summed E-state index contributed by atoms with van der Waals surface area (Å²) in [5, 5.41) is 20.4. The van der Waals surface area contributed by atoms with Crippen LogP contribution in [0.3, 0.4) is 0 Å². The second-order valence-electron chi connectivity index (χ2n) is 4.58. The first-order valence-electron chi connectivity index (χ1n) is 6.65. The molecule has 0 amide bonds. The van der Waals surface area contributed by atoms with Gasteiger partial charge in [-0.25, -0.2) is 9.97 Å². The van der Waals surface area contributed by atoms with Crippen LogP contribution in [-0.2, 0) is 0 Å². The van der Waals surface area contributed by atoms with E-state index in [0.717, 1.165) is 29.3 Å². The van der Waals surface area contributed by atoms with E-state index in [1.165, 1.54) is 0 Å². The molecule has 0 aliphatic carbocycles. The molecule has 0 spiro atoms. The Morgan fingerprint density at radius 2 is 1.95 bits per heavy atom. The van der Waals surface area contributed by atoms with Crippen LogP contribution in [0.2, 0.25) is 0 Å². The Hall–Kier alpha value is -1.66. The molecule has 2 aromatic rings. The molecular formula is C14H20N4OS. The number of aliphatic hydroxyl groups is 1. The van der Waals surface area contributed by atoms with Crippen LogP contribution in [0.1, 0.15) is 30.0 Å². The van der Waals surface area contributed by atoms with E-state index in [1.54, 1.807) is 11.3 Å². The van der Waals surface area contributed by atoms with E-state index < -0.39 is 6.10 Å². The molecule has 0 saturated carbocycles. The Bertz CT molecular complexity index is 557. The van der Waals surface area contributed by atoms with E-state index >= 15 is 0 Å². The minimum absolute atomic E-state index is 0.430. The number of hydrogen-bond acceptors (Lipinski definition) is 6. The van der Waals surface area contributed by atoms with E-state index in [9.17, 15) is 5.11 Å². The van der Waals surface area contributed by atoms with Crippen molar-refractivity contribution in [3.05, 3.63) is 33.8 Å². The summed E-state index contributed by atoms with van der Waals surface area (Å²) in [6.07, 6.45) is -0.529. The zero-order valence-electron chi connectivity index (χ0n) is 12.0. The van der Waals surface area contributed by atoms with Crippen molar-refractivity contribution in [1.29, 1.82) is 0 Å². The average molecular weight is 292 g/mol. The Morgan fingerprint density at radius 3 is 2.55 bits per heavy atom. The Kier molecular flexibility index (Phi) is 4.92. The Balaban J connectivity index is 2.09. The zero-order valence-corrected chi connectivity index (χ0v) is 12.8. The molecule has 0 fully saturated rings. The molecule has 0 radical (unpaired) electrons. The maximum absolute atomic E-state index is 10.1. The van der Waals surface area contributed by atoms with Gasteiger partial charge < -0.3 is 15.7 Å². The summed E-state index contributed by atoms with van der Waals surface area (Å²) >= 11 is 1.58. The molecule has 1 atom stereocenters. The Morgan fingerprint density at radius 1 is 1.25 bits per heavy atom. The molecule has 2 rings (SSSR count). The molecule has 5 nitrogen and oxygen atoms in total. The normalized spacial score (nSPS) is 12.2. The maximum atomic E-state index is 10.1. The first-order chi connectivity index (χ1) is 9.61. The highest BCUT2D eigenvalue weighted by Crippen LogP contribution is 2.21. The van der Waals surface area contributed by atoms with Crippen molar-refractivity contribution in [2.24, 2.45) is 0 Å². The van der Waals surface area contributed by atoms with Gasteiger partial charge in [0.1, 0.15) is 17.5 Å². The smallest absolute Gasteiger partial charge is 0.134 e. The molecule has 0 saturated heterocycles. The largest absolute Gasteiger partial charge is 0.387 e. The second kappa shape index (κ2) is 6.67. The van der Waals surface area contributed by atoms with E-state index in [-0.39, 0.29) is 0 Å². The lowest BCUT2D eigenvalue weighted by molar-refractivity contribution is 0.192. The number of hydrogen-bond donors (Lipinski definition) is 3. The van der Waals surface area contributed by atoms with E-state index in [2.05, 4.69) is 20.6 Å². The minimum atomic E-state index is -0.529. The van der Waals surface area contributed by atoms with Gasteiger partial charge in [0.25, 0.3) is 0 Å². The number of thiophene rings is 1. The SMILES string of the molecule is CCNc1nc(C)nc(NCC(O)c2ccsc2)c1C. The summed E-state index contributed by atoms with van der Waals surface area (Å²) in [5.74, 6) is 2.31. The van der Waals surface area contributed by atoms with Crippen molar-refractivity contribution in [3.63, 3.8) is 0 Å². The molecule has 0 aliphatic heterocycles. The predicted molar refractivity (Wildman–Crippen MR) is 83.4 cm³/mol. The summed E-state index contributed by atoms with van der Waals surface area (Å²) in [6.45, 7) is 7.11. The maximum Gasteiger partial charge on any atom is 0.134 e. The van der Waals surface area contributed by atoms with Gasteiger partial charge >= 0.3 is 0 Å². The number of aryl methyl sites for hydroxylation is 1. The lowest BCUT2D eigenvalue weighted by Gasteiger charge is -2.15. The highest BCUT2D eigenvalue weighted by molar-refractivity contribution is 7.07. The van der Waals surface area contributed by atoms with E-state index in [0.29, 0.717) is 12.4 Å². The third-order valence-electron chi connectivity index (χ3n) is 2.99. The number of aliphatic hydroxyl groups excluding tert-OH is 1. The van der Waals surface area contributed by atoms with Gasteiger partial charge in [0.05, 0.1) is 6.10 Å². The molecule has 0 aliphatic rings. The van der Waals surface area contributed by atoms with Crippen LogP contribution in [0.4, 0.5) is 11.6 Å². The van der Waals surface area contributed by atoms with Crippen LogP contribution in [0.15, 0.2) is 16.8 Å². The lowest BCUT2D eigenvalue weighted by Crippen LogP contribution is -2.15. The van der Waals surface area contributed by atoms with Crippen molar-refractivity contribution >= 4 is 23.0 Å². The van der Waals surface area contributed by atoms with Gasteiger partial charge in [0.2, 0.25) is 0 Å². The first-order valence-corrected chi connectivity index (χ1v) is 7.59. The number of anilines is 2. The second-order valence-corrected chi connectivity index (χ2v) is 5.36. The van der Waals surface area contributed by atoms with Crippen molar-refractivity contribution in [1.82, 2.24) is 9.97 Å². The fourth-order valence-corrected chi connectivity index (χ4v) is 2.62. The molecule has 2 heterocycles. The summed E-state index contributed by atoms with van der Waals surface area (Å²) in [7, 11) is 0. The van der Waals surface area contributed by atoms with Gasteiger partial charge in [0, 0.05) is 18.7 Å². The van der Waals surface area contributed by atoms with Crippen molar-refractivity contribution in [2.75, 3.05) is 23.7 Å². The third-order valence-corrected chi connectivity index (χ3v) is 3.69. The molecule has 3 N–H and O–H groups in total. The van der Waals surface area contributed by atoms with Gasteiger partial charge in [-0.2, -0.15) is 11.3 Å². The van der Waals surface area contributed by atoms with Gasteiger partial charge in [-0.15, -0.1) is 0 Å². The molecule has 20 heavy (non-hydrogen) atoms. The van der Waals surface area contributed by atoms with Crippen LogP contribution in [-0.4, -0.2) is 28.2 Å². The summed E-state index contributed by atoms with van der Waals surface area (Å²) in [6, 6.07) is 1.93. The number of nitrogens with one attached hydrogen (secondary N) is 2. The highest BCUT2D eigenvalue weighted by Gasteiger charge is 2.12. The molecule has 108 valence electrons. The third kappa shape index (κ3) is 3.46. The summed E-state index contributed by atoms with van der Waals surface area (Å²) < 4.78 is 0. The van der Waals surface area contributed by atoms with Crippen LogP contribution < -0.4 is 10.6 Å². The van der Waals surface area contributed by atoms with Gasteiger partial charge in [0.15, 0.2) is 0 Å². The Labute approximate surface area is 123 Å². The number of aromatic nitrogens is 2. The van der Waals surface area contributed by atoms with Crippen molar-refractivity contribution < 1.29 is 5.11 Å². The summed E-state index contributed by atoms with van der Waals surface area (Å²) in [4.78, 5) is 8.78. The monoisotopic (exact) mass is 292 g/mol. The van der Waals surface area contributed by atoms with E-state index in [1.807, 2.05) is 37.6 Å². The van der Waals surface area contributed by atoms with Crippen LogP contribution in [0.5, 0.6) is 0 Å². The van der Waals surface area contributed by atoms with Gasteiger partial charge in [-0.05, 0) is 43.2 Å². The predicted octanol–water partition coefficient (Wildman–Crippen LogP) is 2.73. The summed E-state index contributed by atoms with van der Waals surface area (Å²) in [5.41, 5.74) is 1.90. The topological polar surface area (TPSA) is 70.1 Å². The minimum Gasteiger partial charge on any atom is -0.387 e. The van der Waals surface area contributed by atoms with Crippen molar-refractivity contribution in [3.8, 4) is 0 Å². The number of rotatable bonds is 6. The number of nitrogens with zero attached hydrogens (tertiary/aromatic N) is 2. The van der Waals surface area contributed by atoms with Crippen molar-refractivity contribution in [2.45, 2.75) is 26.9 Å². The molecule has 6 heteroatoms. The fourth-order valence-electron chi connectivity index (χ4n) is 1.92. The van der Waals surface area contributed by atoms with Crippen LogP contribution in [0, 0.1) is 13.8 Å². The standard InChI is InChI=1S/C14H20N4OS/c1-4-15-13-9(2)14(18-10(3)17-13)16-7-12(19)11-5-6-20-8-11/h5-6,8,12,19H,4,7H2,1-3H3,(H2,15,16,17,18). The molecule has 1 unspecified atom stereocenters. The average Bonchev–Trinajstić information content (AvgIpc) is 2.95. The molecule has 0 aromatic carbocycles. The van der Waals surface area contributed by atoms with Gasteiger partial charge in [-0.3, -0.25) is 0 Å². The molecule has 0 bridgehead atoms. The lowest BCUT2D eigenvalue weighted by atomic mass is 10.2. The highest BCUT2D eigenvalue weighted by atomic mass is 32.1. The first kappa shape index (κ1) is 14.7. The van der Waals surface area contributed by atoms with Gasteiger partial charge in [-0.1, -0.05) is 0 Å². The van der Waals surface area contributed by atoms with Crippen LogP contribution >= 0.6 is 11.3 Å². The molecular weight excluding hydrogens is 272 g/mol. The van der Waals surface area contributed by atoms with Crippen LogP contribution in [0.25, 0.3) is 0 Å². The molecule has 2 aromatic heterocycles.